The summed E-state index contributed by atoms with van der Waals surface area (Å²) in [7, 11) is 0. The van der Waals surface area contributed by atoms with E-state index in [1.807, 2.05) is 25.1 Å². The molecule has 3 amide bonds. The van der Waals surface area contributed by atoms with Crippen molar-refractivity contribution in [2.24, 2.45) is 5.73 Å². The smallest absolute Gasteiger partial charge is 0.316 e. The maximum Gasteiger partial charge on any atom is 0.316 e. The molecule has 0 unspecified atom stereocenters. The quantitative estimate of drug-likeness (QED) is 0.800. The van der Waals surface area contributed by atoms with Crippen LogP contribution in [0.15, 0.2) is 48.5 Å². The van der Waals surface area contributed by atoms with E-state index in [9.17, 15) is 9.59 Å². The molecule has 0 atom stereocenters. The van der Waals surface area contributed by atoms with Gasteiger partial charge < -0.3 is 16.4 Å². The molecule has 0 heterocycles. The molecule has 0 fully saturated rings. The van der Waals surface area contributed by atoms with E-state index in [0.717, 1.165) is 5.56 Å². The van der Waals surface area contributed by atoms with Crippen LogP contribution in [0.5, 0.6) is 0 Å². The van der Waals surface area contributed by atoms with Crippen molar-refractivity contribution in [2.45, 2.75) is 6.92 Å². The molecule has 0 bridgehead atoms. The number of carbonyl (C=O) groups excluding carboxylic acids is 2. The normalized spacial score (nSPS) is 9.85. The number of primary amides is 1. The van der Waals surface area contributed by atoms with E-state index in [-0.39, 0.29) is 5.91 Å². The van der Waals surface area contributed by atoms with E-state index >= 15 is 0 Å². The van der Waals surface area contributed by atoms with Crippen LogP contribution in [0, 0.1) is 6.92 Å². The third-order valence-electron chi connectivity index (χ3n) is 2.71. The lowest BCUT2D eigenvalue weighted by Crippen LogP contribution is -2.22. The van der Waals surface area contributed by atoms with E-state index in [2.05, 4.69) is 10.6 Å². The molecule has 0 aliphatic carbocycles. The van der Waals surface area contributed by atoms with Crippen molar-refractivity contribution in [3.05, 3.63) is 59.7 Å². The largest absolute Gasteiger partial charge is 0.351 e. The number of rotatable bonds is 3. The lowest BCUT2D eigenvalue weighted by Gasteiger charge is -2.10. The molecule has 0 radical (unpaired) electrons. The maximum absolute atomic E-state index is 12.2. The van der Waals surface area contributed by atoms with Crippen LogP contribution in [0.4, 0.5) is 16.2 Å². The maximum atomic E-state index is 12.2. The minimum absolute atomic E-state index is 0.306. The highest BCUT2D eigenvalue weighted by Crippen LogP contribution is 2.17. The van der Waals surface area contributed by atoms with Gasteiger partial charge in [0.05, 0.1) is 11.3 Å². The van der Waals surface area contributed by atoms with Gasteiger partial charge in [0, 0.05) is 5.69 Å². The molecule has 0 aromatic heterocycles. The van der Waals surface area contributed by atoms with Gasteiger partial charge in [0.2, 0.25) is 0 Å². The number of amides is 3. The number of anilines is 2. The van der Waals surface area contributed by atoms with Gasteiger partial charge in [0.15, 0.2) is 0 Å². The number of hydrogen-bond donors (Lipinski definition) is 3. The summed E-state index contributed by atoms with van der Waals surface area (Å²) in [6.07, 6.45) is 0. The van der Waals surface area contributed by atoms with Gasteiger partial charge in [-0.15, -0.1) is 0 Å². The van der Waals surface area contributed by atoms with Gasteiger partial charge in [-0.3, -0.25) is 4.79 Å². The van der Waals surface area contributed by atoms with Crippen LogP contribution in [0.25, 0.3) is 0 Å². The molecule has 0 saturated carbocycles. The third kappa shape index (κ3) is 3.35. The van der Waals surface area contributed by atoms with Gasteiger partial charge in [-0.2, -0.15) is 0 Å². The number of aryl methyl sites for hydroxylation is 1. The fourth-order valence-corrected chi connectivity index (χ4v) is 1.84. The average molecular weight is 269 g/mol. The first-order valence-corrected chi connectivity index (χ1v) is 6.10. The monoisotopic (exact) mass is 269 g/mol. The molecule has 2 aromatic carbocycles. The highest BCUT2D eigenvalue weighted by atomic mass is 16.2. The van der Waals surface area contributed by atoms with Crippen molar-refractivity contribution in [2.75, 3.05) is 10.6 Å². The van der Waals surface area contributed by atoms with Gasteiger partial charge in [-0.05, 0) is 36.8 Å². The van der Waals surface area contributed by atoms with E-state index in [1.54, 1.807) is 30.3 Å². The van der Waals surface area contributed by atoms with Crippen molar-refractivity contribution >= 4 is 23.3 Å². The zero-order chi connectivity index (χ0) is 14.5. The van der Waals surface area contributed by atoms with Crippen LogP contribution in [0.3, 0.4) is 0 Å². The first-order valence-electron chi connectivity index (χ1n) is 6.10. The van der Waals surface area contributed by atoms with E-state index < -0.39 is 6.03 Å². The molecule has 2 aromatic rings. The Kier molecular flexibility index (Phi) is 4.00. The fraction of sp³-hybridized carbons (Fsp3) is 0.0667. The van der Waals surface area contributed by atoms with Gasteiger partial charge in [-0.25, -0.2) is 4.79 Å². The molecule has 5 nitrogen and oxygen atoms in total. The number of urea groups is 1. The summed E-state index contributed by atoms with van der Waals surface area (Å²) >= 11 is 0. The van der Waals surface area contributed by atoms with Crippen LogP contribution in [-0.2, 0) is 0 Å². The second-order valence-corrected chi connectivity index (χ2v) is 4.36. The zero-order valence-corrected chi connectivity index (χ0v) is 11.0. The van der Waals surface area contributed by atoms with Crippen molar-refractivity contribution < 1.29 is 9.59 Å². The Morgan fingerprint density at radius 1 is 1.00 bits per heavy atom. The van der Waals surface area contributed by atoms with Crippen LogP contribution in [-0.4, -0.2) is 11.9 Å². The zero-order valence-electron chi connectivity index (χ0n) is 11.0. The van der Waals surface area contributed by atoms with Crippen molar-refractivity contribution in [3.63, 3.8) is 0 Å². The van der Waals surface area contributed by atoms with Gasteiger partial charge in [-0.1, -0.05) is 24.3 Å². The van der Waals surface area contributed by atoms with Crippen LogP contribution in [0.1, 0.15) is 15.9 Å². The predicted octanol–water partition coefficient (Wildman–Crippen LogP) is 2.74. The summed E-state index contributed by atoms with van der Waals surface area (Å²) in [5.41, 5.74) is 7.56. The molecule has 0 saturated heterocycles. The van der Waals surface area contributed by atoms with Gasteiger partial charge in [0.25, 0.3) is 5.91 Å². The van der Waals surface area contributed by atoms with E-state index in [0.29, 0.717) is 16.9 Å². The summed E-state index contributed by atoms with van der Waals surface area (Å²) in [6.45, 7) is 1.94. The van der Waals surface area contributed by atoms with Crippen molar-refractivity contribution in [1.29, 1.82) is 0 Å². The summed E-state index contributed by atoms with van der Waals surface area (Å²) in [6, 6.07) is 13.4. The molecule has 4 N–H and O–H groups in total. The van der Waals surface area contributed by atoms with Crippen LogP contribution in [0.2, 0.25) is 0 Å². The van der Waals surface area contributed by atoms with Crippen LogP contribution < -0.4 is 16.4 Å². The molecule has 102 valence electrons. The molecular weight excluding hydrogens is 254 g/mol. The number of nitrogens with one attached hydrogen (secondary N) is 2. The molecule has 2 rings (SSSR count). The fourth-order valence-electron chi connectivity index (χ4n) is 1.84. The average Bonchev–Trinajstić information content (AvgIpc) is 2.38. The van der Waals surface area contributed by atoms with Gasteiger partial charge >= 0.3 is 6.03 Å². The van der Waals surface area contributed by atoms with E-state index in [4.69, 9.17) is 5.73 Å². The summed E-state index contributed by atoms with van der Waals surface area (Å²) in [4.78, 5) is 23.2. The second-order valence-electron chi connectivity index (χ2n) is 4.36. The summed E-state index contributed by atoms with van der Waals surface area (Å²) < 4.78 is 0. The molecule has 0 aliphatic rings. The minimum atomic E-state index is -0.708. The Bertz CT molecular complexity index is 653. The van der Waals surface area contributed by atoms with Crippen molar-refractivity contribution in [1.82, 2.24) is 0 Å². The highest BCUT2D eigenvalue weighted by molar-refractivity contribution is 6.09. The number of carbonyl (C=O) groups is 2. The minimum Gasteiger partial charge on any atom is -0.351 e. The van der Waals surface area contributed by atoms with Crippen molar-refractivity contribution in [3.8, 4) is 0 Å². The number of hydrogen-bond acceptors (Lipinski definition) is 2. The molecule has 20 heavy (non-hydrogen) atoms. The number of benzene rings is 2. The molecular formula is C15H15N3O2. The molecule has 0 aliphatic heterocycles. The predicted molar refractivity (Wildman–Crippen MR) is 78.8 cm³/mol. The topological polar surface area (TPSA) is 84.2 Å². The number of para-hydroxylation sites is 1. The Balaban J connectivity index is 2.23. The lowest BCUT2D eigenvalue weighted by molar-refractivity contribution is 0.102. The highest BCUT2D eigenvalue weighted by Gasteiger charge is 2.12. The standard InChI is InChI=1S/C15H15N3O2/c1-10-5-4-6-11(9-10)17-14(19)12-7-2-3-8-13(12)18-15(16)20/h2-9H,1H3,(H,17,19)(H3,16,18,20). The van der Waals surface area contributed by atoms with Crippen LogP contribution >= 0.6 is 0 Å². The van der Waals surface area contributed by atoms with Gasteiger partial charge in [0.1, 0.15) is 0 Å². The SMILES string of the molecule is Cc1cccc(NC(=O)c2ccccc2NC(N)=O)c1. The first-order chi connectivity index (χ1) is 9.56. The Morgan fingerprint density at radius 2 is 1.75 bits per heavy atom. The molecule has 5 heteroatoms. The Labute approximate surface area is 116 Å². The third-order valence-corrected chi connectivity index (χ3v) is 2.71. The Morgan fingerprint density at radius 3 is 2.45 bits per heavy atom. The Hall–Kier alpha value is -2.82. The lowest BCUT2D eigenvalue weighted by atomic mass is 10.1. The molecule has 0 spiro atoms. The summed E-state index contributed by atoms with van der Waals surface area (Å²) in [5.74, 6) is -0.306. The second kappa shape index (κ2) is 5.88. The number of nitrogens with two attached hydrogens (primary N) is 1. The summed E-state index contributed by atoms with van der Waals surface area (Å²) in [5, 5.41) is 5.21. The first kappa shape index (κ1) is 13.6. The van der Waals surface area contributed by atoms with E-state index in [1.165, 1.54) is 0 Å².